The van der Waals surface area contributed by atoms with Gasteiger partial charge in [0.25, 0.3) is 0 Å². The molecule has 0 aliphatic carbocycles. The first-order valence-electron chi connectivity index (χ1n) is 6.53. The Morgan fingerprint density at radius 3 is 2.30 bits per heavy atom. The molecule has 0 saturated heterocycles. The van der Waals surface area contributed by atoms with E-state index < -0.39 is 0 Å². The van der Waals surface area contributed by atoms with E-state index in [1.54, 1.807) is 0 Å². The molecule has 0 spiro atoms. The SMILES string of the molecule is O=C(SCc1ccccc1)c1ccc2ccccc2c1. The van der Waals surface area contributed by atoms with Crippen molar-refractivity contribution in [2.45, 2.75) is 5.75 Å². The van der Waals surface area contributed by atoms with Crippen LogP contribution in [0.3, 0.4) is 0 Å². The van der Waals surface area contributed by atoms with Gasteiger partial charge in [0.15, 0.2) is 0 Å². The zero-order valence-electron chi connectivity index (χ0n) is 11.0. The number of rotatable bonds is 3. The minimum Gasteiger partial charge on any atom is -0.282 e. The molecule has 0 bridgehead atoms. The molecule has 3 aromatic carbocycles. The van der Waals surface area contributed by atoms with Crippen LogP contribution in [0.1, 0.15) is 15.9 Å². The smallest absolute Gasteiger partial charge is 0.219 e. The third-order valence-electron chi connectivity index (χ3n) is 3.20. The Bertz CT molecular complexity index is 735. The maximum atomic E-state index is 12.2. The number of benzene rings is 3. The van der Waals surface area contributed by atoms with Crippen molar-refractivity contribution < 1.29 is 4.79 Å². The fourth-order valence-corrected chi connectivity index (χ4v) is 2.91. The van der Waals surface area contributed by atoms with E-state index >= 15 is 0 Å². The van der Waals surface area contributed by atoms with Gasteiger partial charge in [-0.15, -0.1) is 0 Å². The molecule has 2 heteroatoms. The van der Waals surface area contributed by atoms with Crippen molar-refractivity contribution in [2.75, 3.05) is 0 Å². The average molecular weight is 278 g/mol. The third kappa shape index (κ3) is 2.91. The molecule has 0 saturated carbocycles. The summed E-state index contributed by atoms with van der Waals surface area (Å²) in [6, 6.07) is 24.0. The minimum atomic E-state index is 0.125. The number of carbonyl (C=O) groups is 1. The van der Waals surface area contributed by atoms with Crippen molar-refractivity contribution in [1.29, 1.82) is 0 Å². The van der Waals surface area contributed by atoms with Gasteiger partial charge in [-0.3, -0.25) is 4.79 Å². The molecule has 98 valence electrons. The van der Waals surface area contributed by atoms with Gasteiger partial charge in [-0.1, -0.05) is 72.4 Å². The van der Waals surface area contributed by atoms with E-state index in [4.69, 9.17) is 0 Å². The third-order valence-corrected chi connectivity index (χ3v) is 4.17. The summed E-state index contributed by atoms with van der Waals surface area (Å²) in [5, 5.41) is 2.40. The lowest BCUT2D eigenvalue weighted by atomic mass is 10.1. The Morgan fingerprint density at radius 2 is 1.50 bits per heavy atom. The molecule has 0 unspecified atom stereocenters. The Kier molecular flexibility index (Phi) is 3.84. The van der Waals surface area contributed by atoms with Crippen LogP contribution in [0.25, 0.3) is 10.8 Å². The molecule has 1 nitrogen and oxygen atoms in total. The largest absolute Gasteiger partial charge is 0.282 e. The van der Waals surface area contributed by atoms with Crippen LogP contribution in [0, 0.1) is 0 Å². The first kappa shape index (κ1) is 12.9. The summed E-state index contributed by atoms with van der Waals surface area (Å²) in [6.45, 7) is 0. The highest BCUT2D eigenvalue weighted by atomic mass is 32.2. The molecule has 20 heavy (non-hydrogen) atoms. The second-order valence-electron chi connectivity index (χ2n) is 4.62. The fourth-order valence-electron chi connectivity index (χ4n) is 2.12. The van der Waals surface area contributed by atoms with Gasteiger partial charge < -0.3 is 0 Å². The highest BCUT2D eigenvalue weighted by Crippen LogP contribution is 2.21. The average Bonchev–Trinajstić information content (AvgIpc) is 2.53. The van der Waals surface area contributed by atoms with Gasteiger partial charge >= 0.3 is 0 Å². The minimum absolute atomic E-state index is 0.125. The fraction of sp³-hybridized carbons (Fsp3) is 0.0556. The Morgan fingerprint density at radius 1 is 0.800 bits per heavy atom. The zero-order valence-corrected chi connectivity index (χ0v) is 11.8. The summed E-state index contributed by atoms with van der Waals surface area (Å²) in [5.41, 5.74) is 1.94. The maximum Gasteiger partial charge on any atom is 0.219 e. The standard InChI is InChI=1S/C18H14OS/c19-18(20-13-14-6-2-1-3-7-14)17-11-10-15-8-4-5-9-16(15)12-17/h1-12H,13H2. The molecule has 0 aliphatic rings. The van der Waals surface area contributed by atoms with Crippen molar-refractivity contribution >= 4 is 27.6 Å². The first-order chi connectivity index (χ1) is 9.83. The molecular formula is C18H14OS. The maximum absolute atomic E-state index is 12.2. The van der Waals surface area contributed by atoms with Crippen molar-refractivity contribution in [3.63, 3.8) is 0 Å². The Labute approximate surface area is 122 Å². The van der Waals surface area contributed by atoms with Gasteiger partial charge in [0.1, 0.15) is 0 Å². The molecular weight excluding hydrogens is 264 g/mol. The van der Waals surface area contributed by atoms with Gasteiger partial charge in [0.2, 0.25) is 5.12 Å². The predicted molar refractivity (Wildman–Crippen MR) is 86.0 cm³/mol. The second-order valence-corrected chi connectivity index (χ2v) is 5.57. The van der Waals surface area contributed by atoms with Gasteiger partial charge in [-0.05, 0) is 28.5 Å². The molecule has 0 atom stereocenters. The summed E-state index contributed by atoms with van der Waals surface area (Å²) in [6.07, 6.45) is 0. The molecule has 0 radical (unpaired) electrons. The van der Waals surface area contributed by atoms with E-state index in [-0.39, 0.29) is 5.12 Å². The van der Waals surface area contributed by atoms with Crippen molar-refractivity contribution in [1.82, 2.24) is 0 Å². The van der Waals surface area contributed by atoms with Crippen LogP contribution in [0.5, 0.6) is 0 Å². The molecule has 0 fully saturated rings. The molecule has 0 amide bonds. The van der Waals surface area contributed by atoms with Crippen LogP contribution in [0.4, 0.5) is 0 Å². The van der Waals surface area contributed by atoms with Gasteiger partial charge in [0.05, 0.1) is 0 Å². The number of hydrogen-bond acceptors (Lipinski definition) is 2. The van der Waals surface area contributed by atoms with Gasteiger partial charge in [-0.2, -0.15) is 0 Å². The molecule has 0 aliphatic heterocycles. The lowest BCUT2D eigenvalue weighted by Gasteiger charge is -2.03. The first-order valence-corrected chi connectivity index (χ1v) is 7.51. The summed E-state index contributed by atoms with van der Waals surface area (Å²) in [4.78, 5) is 12.2. The van der Waals surface area contributed by atoms with Crippen LogP contribution < -0.4 is 0 Å². The van der Waals surface area contributed by atoms with Crippen LogP contribution in [-0.4, -0.2) is 5.12 Å². The van der Waals surface area contributed by atoms with Crippen LogP contribution in [0.2, 0.25) is 0 Å². The summed E-state index contributed by atoms with van der Waals surface area (Å²) in [7, 11) is 0. The van der Waals surface area contributed by atoms with Crippen LogP contribution in [0.15, 0.2) is 72.8 Å². The normalized spacial score (nSPS) is 10.6. The number of carbonyl (C=O) groups excluding carboxylic acids is 1. The van der Waals surface area contributed by atoms with Crippen molar-refractivity contribution in [2.24, 2.45) is 0 Å². The molecule has 0 heterocycles. The second kappa shape index (κ2) is 5.93. The predicted octanol–water partition coefficient (Wildman–Crippen LogP) is 4.91. The summed E-state index contributed by atoms with van der Waals surface area (Å²) >= 11 is 1.35. The lowest BCUT2D eigenvalue weighted by Crippen LogP contribution is -1.94. The zero-order chi connectivity index (χ0) is 13.8. The molecule has 0 aromatic heterocycles. The molecule has 3 aromatic rings. The highest BCUT2D eigenvalue weighted by Gasteiger charge is 2.07. The van der Waals surface area contributed by atoms with Gasteiger partial charge in [-0.25, -0.2) is 0 Å². The van der Waals surface area contributed by atoms with E-state index in [0.29, 0.717) is 5.75 Å². The van der Waals surface area contributed by atoms with E-state index in [1.807, 2.05) is 66.7 Å². The lowest BCUT2D eigenvalue weighted by molar-refractivity contribution is 0.108. The van der Waals surface area contributed by atoms with Crippen molar-refractivity contribution in [3.8, 4) is 0 Å². The van der Waals surface area contributed by atoms with E-state index in [2.05, 4.69) is 6.07 Å². The highest BCUT2D eigenvalue weighted by molar-refractivity contribution is 8.13. The van der Waals surface area contributed by atoms with Gasteiger partial charge in [0, 0.05) is 11.3 Å². The van der Waals surface area contributed by atoms with Crippen LogP contribution in [-0.2, 0) is 5.75 Å². The molecule has 0 N–H and O–H groups in total. The Balaban J connectivity index is 1.75. The number of fused-ring (bicyclic) bond motifs is 1. The topological polar surface area (TPSA) is 17.1 Å². The van der Waals surface area contributed by atoms with E-state index in [1.165, 1.54) is 17.3 Å². The number of hydrogen-bond donors (Lipinski definition) is 0. The summed E-state index contributed by atoms with van der Waals surface area (Å²) < 4.78 is 0. The quantitative estimate of drug-likeness (QED) is 0.677. The van der Waals surface area contributed by atoms with E-state index in [9.17, 15) is 4.79 Å². The van der Waals surface area contributed by atoms with Crippen LogP contribution >= 0.6 is 11.8 Å². The Hall–Kier alpha value is -2.06. The van der Waals surface area contributed by atoms with E-state index in [0.717, 1.165) is 16.3 Å². The van der Waals surface area contributed by atoms with Crippen molar-refractivity contribution in [3.05, 3.63) is 83.9 Å². The monoisotopic (exact) mass is 278 g/mol. The molecule has 3 rings (SSSR count). The number of thioether (sulfide) groups is 1. The summed E-state index contributed by atoms with van der Waals surface area (Å²) in [5.74, 6) is 0.715.